The SMILES string of the molecule is O=C(Oc1ccc(Br)cc1)[C@H](Cc1ccccc1)N1C(=O)[C@H]2[C@@H]3C=C[C@H]([C@@H]4C[C@H]34)[C@@H]2C1=O. The fraction of sp³-hybridized carbons (Fsp3) is 0.346. The maximum Gasteiger partial charge on any atom is 0.335 e. The van der Waals surface area contributed by atoms with Gasteiger partial charge < -0.3 is 4.74 Å². The van der Waals surface area contributed by atoms with Gasteiger partial charge in [-0.2, -0.15) is 0 Å². The number of ether oxygens (including phenoxy) is 1. The summed E-state index contributed by atoms with van der Waals surface area (Å²) in [6, 6.07) is 15.4. The van der Waals surface area contributed by atoms with E-state index in [0.717, 1.165) is 16.5 Å². The summed E-state index contributed by atoms with van der Waals surface area (Å²) in [5.74, 6) is -0.00218. The van der Waals surface area contributed by atoms with Gasteiger partial charge in [0.2, 0.25) is 11.8 Å². The largest absolute Gasteiger partial charge is 0.425 e. The summed E-state index contributed by atoms with van der Waals surface area (Å²) in [6.07, 6.45) is 5.62. The number of halogens is 1. The van der Waals surface area contributed by atoms with Crippen LogP contribution < -0.4 is 4.74 Å². The van der Waals surface area contributed by atoms with Crippen molar-refractivity contribution in [2.75, 3.05) is 0 Å². The highest BCUT2D eigenvalue weighted by Gasteiger charge is 2.68. The second kappa shape index (κ2) is 7.41. The van der Waals surface area contributed by atoms with E-state index >= 15 is 0 Å². The van der Waals surface area contributed by atoms with Crippen LogP contribution in [0.4, 0.5) is 0 Å². The van der Waals surface area contributed by atoms with E-state index in [1.807, 2.05) is 30.3 Å². The first-order valence-electron chi connectivity index (χ1n) is 11.1. The van der Waals surface area contributed by atoms with Crippen LogP contribution in [0, 0.1) is 35.5 Å². The van der Waals surface area contributed by atoms with Crippen molar-refractivity contribution < 1.29 is 19.1 Å². The Morgan fingerprint density at radius 2 is 1.53 bits per heavy atom. The fourth-order valence-electron chi connectivity index (χ4n) is 6.09. The molecule has 0 unspecified atom stereocenters. The van der Waals surface area contributed by atoms with Crippen molar-refractivity contribution >= 4 is 33.7 Å². The van der Waals surface area contributed by atoms with Gasteiger partial charge in [-0.3, -0.25) is 14.5 Å². The lowest BCUT2D eigenvalue weighted by molar-refractivity contribution is -0.153. The number of hydrogen-bond acceptors (Lipinski definition) is 4. The molecule has 32 heavy (non-hydrogen) atoms. The molecule has 2 amide bonds. The Morgan fingerprint density at radius 3 is 2.12 bits per heavy atom. The monoisotopic (exact) mass is 491 g/mol. The number of esters is 1. The number of carbonyl (C=O) groups excluding carboxylic acids is 3. The number of benzene rings is 2. The minimum Gasteiger partial charge on any atom is -0.425 e. The molecule has 0 radical (unpaired) electrons. The van der Waals surface area contributed by atoms with E-state index in [4.69, 9.17) is 4.74 Å². The first-order valence-corrected chi connectivity index (χ1v) is 11.9. The highest BCUT2D eigenvalue weighted by molar-refractivity contribution is 9.10. The van der Waals surface area contributed by atoms with Gasteiger partial charge in [0.05, 0.1) is 11.8 Å². The van der Waals surface area contributed by atoms with Crippen LogP contribution in [0.15, 0.2) is 71.2 Å². The number of allylic oxidation sites excluding steroid dienone is 2. The Hall–Kier alpha value is -2.73. The van der Waals surface area contributed by atoms with E-state index in [9.17, 15) is 14.4 Å². The first kappa shape index (κ1) is 19.9. The number of amides is 2. The molecule has 162 valence electrons. The summed E-state index contributed by atoms with van der Waals surface area (Å²) in [4.78, 5) is 41.8. The minimum absolute atomic E-state index is 0.122. The van der Waals surface area contributed by atoms with Crippen LogP contribution in [0.1, 0.15) is 12.0 Å². The van der Waals surface area contributed by atoms with Crippen molar-refractivity contribution in [1.82, 2.24) is 4.90 Å². The number of nitrogens with zero attached hydrogens (tertiary/aromatic N) is 1. The Balaban J connectivity index is 1.33. The predicted molar refractivity (Wildman–Crippen MR) is 120 cm³/mol. The van der Waals surface area contributed by atoms with Gasteiger partial charge in [-0.1, -0.05) is 58.4 Å². The lowest BCUT2D eigenvalue weighted by atomic mass is 9.63. The van der Waals surface area contributed by atoms with Gasteiger partial charge in [0, 0.05) is 10.9 Å². The molecule has 2 aromatic rings. The molecule has 1 aliphatic heterocycles. The highest BCUT2D eigenvalue weighted by Crippen LogP contribution is 2.65. The lowest BCUT2D eigenvalue weighted by Crippen LogP contribution is -2.48. The van der Waals surface area contributed by atoms with E-state index in [1.54, 1.807) is 24.3 Å². The zero-order valence-electron chi connectivity index (χ0n) is 17.3. The minimum atomic E-state index is -0.984. The Morgan fingerprint density at radius 1 is 0.938 bits per heavy atom. The van der Waals surface area contributed by atoms with Crippen LogP contribution in [-0.2, 0) is 20.8 Å². The van der Waals surface area contributed by atoms with E-state index in [0.29, 0.717) is 17.6 Å². The van der Waals surface area contributed by atoms with E-state index in [-0.39, 0.29) is 41.9 Å². The lowest BCUT2D eigenvalue weighted by Gasteiger charge is -2.37. The molecule has 5 aliphatic rings. The molecular formula is C26H22BrNO4. The predicted octanol–water partition coefficient (Wildman–Crippen LogP) is 4.02. The summed E-state index contributed by atoms with van der Waals surface area (Å²) in [5, 5.41) is 0. The third kappa shape index (κ3) is 3.07. The smallest absolute Gasteiger partial charge is 0.335 e. The zero-order valence-corrected chi connectivity index (χ0v) is 18.9. The number of imide groups is 1. The molecule has 5 nitrogen and oxygen atoms in total. The molecule has 6 heteroatoms. The van der Waals surface area contributed by atoms with Gasteiger partial charge in [-0.15, -0.1) is 0 Å². The molecular weight excluding hydrogens is 470 g/mol. The molecule has 2 saturated carbocycles. The maximum absolute atomic E-state index is 13.6. The average Bonchev–Trinajstić information content (AvgIpc) is 3.58. The molecule has 7 rings (SSSR count). The number of likely N-dealkylation sites (tertiary alicyclic amines) is 1. The van der Waals surface area contributed by atoms with Crippen molar-refractivity contribution in [2.24, 2.45) is 35.5 Å². The van der Waals surface area contributed by atoms with Crippen molar-refractivity contribution in [3.63, 3.8) is 0 Å². The van der Waals surface area contributed by atoms with Crippen LogP contribution >= 0.6 is 15.9 Å². The molecule has 2 bridgehead atoms. The Kier molecular flexibility index (Phi) is 4.61. The van der Waals surface area contributed by atoms with Crippen molar-refractivity contribution in [2.45, 2.75) is 18.9 Å². The van der Waals surface area contributed by atoms with E-state index < -0.39 is 12.0 Å². The Bertz CT molecular complexity index is 1090. The Labute approximate surface area is 194 Å². The second-order valence-electron chi connectivity index (χ2n) is 9.28. The summed E-state index contributed by atoms with van der Waals surface area (Å²) >= 11 is 3.37. The topological polar surface area (TPSA) is 63.7 Å². The van der Waals surface area contributed by atoms with Gasteiger partial charge in [0.1, 0.15) is 11.8 Å². The van der Waals surface area contributed by atoms with Crippen molar-refractivity contribution in [3.8, 4) is 5.75 Å². The number of hydrogen-bond donors (Lipinski definition) is 0. The second-order valence-corrected chi connectivity index (χ2v) is 10.2. The maximum atomic E-state index is 13.6. The summed E-state index contributed by atoms with van der Waals surface area (Å²) in [7, 11) is 0. The third-order valence-electron chi connectivity index (χ3n) is 7.58. The molecule has 1 saturated heterocycles. The van der Waals surface area contributed by atoms with Crippen LogP contribution in [0.5, 0.6) is 5.75 Å². The van der Waals surface area contributed by atoms with Gasteiger partial charge in [-0.25, -0.2) is 4.79 Å². The molecule has 0 aromatic heterocycles. The van der Waals surface area contributed by atoms with Crippen LogP contribution in [0.3, 0.4) is 0 Å². The number of rotatable bonds is 5. The fourth-order valence-corrected chi connectivity index (χ4v) is 6.36. The van der Waals surface area contributed by atoms with Crippen LogP contribution in [-0.4, -0.2) is 28.7 Å². The molecule has 1 heterocycles. The summed E-state index contributed by atoms with van der Waals surface area (Å²) in [5.41, 5.74) is 0.879. The van der Waals surface area contributed by atoms with Crippen molar-refractivity contribution in [3.05, 3.63) is 76.8 Å². The van der Waals surface area contributed by atoms with Gasteiger partial charge in [0.15, 0.2) is 0 Å². The molecule has 3 fully saturated rings. The molecule has 0 N–H and O–H groups in total. The molecule has 7 atom stereocenters. The van der Waals surface area contributed by atoms with Gasteiger partial charge in [0.25, 0.3) is 0 Å². The van der Waals surface area contributed by atoms with Gasteiger partial charge in [-0.05, 0) is 59.9 Å². The van der Waals surface area contributed by atoms with E-state index in [1.165, 1.54) is 4.90 Å². The van der Waals surface area contributed by atoms with Crippen molar-refractivity contribution in [1.29, 1.82) is 0 Å². The quantitative estimate of drug-likeness (QED) is 0.274. The molecule has 4 aliphatic carbocycles. The molecule has 0 spiro atoms. The van der Waals surface area contributed by atoms with Gasteiger partial charge >= 0.3 is 5.97 Å². The summed E-state index contributed by atoms with van der Waals surface area (Å²) in [6.45, 7) is 0. The average molecular weight is 492 g/mol. The van der Waals surface area contributed by atoms with Crippen LogP contribution in [0.25, 0.3) is 0 Å². The summed E-state index contributed by atoms with van der Waals surface area (Å²) < 4.78 is 6.51. The highest BCUT2D eigenvalue weighted by atomic mass is 79.9. The third-order valence-corrected chi connectivity index (χ3v) is 8.11. The number of carbonyl (C=O) groups is 3. The van der Waals surface area contributed by atoms with Crippen LogP contribution in [0.2, 0.25) is 0 Å². The van der Waals surface area contributed by atoms with E-state index in [2.05, 4.69) is 28.1 Å². The standard InChI is InChI=1S/C26H22BrNO4/c27-15-6-8-16(9-7-15)32-26(31)21(12-14-4-2-1-3-5-14)28-24(29)22-17-10-11-18(20-13-19(17)20)23(22)25(28)30/h1-11,17-23H,12-13H2/t17-,18-,19-,20+,21+,22+,23+/m1/s1. The molecule has 2 aromatic carbocycles. The first-order chi connectivity index (χ1) is 15.5. The normalized spacial score (nSPS) is 32.5. The zero-order chi connectivity index (χ0) is 22.0.